The van der Waals surface area contributed by atoms with Gasteiger partial charge in [-0.15, -0.1) is 0 Å². The van der Waals surface area contributed by atoms with Crippen LogP contribution in [-0.4, -0.2) is 26.7 Å². The minimum Gasteiger partial charge on any atom is -0.352 e. The lowest BCUT2D eigenvalue weighted by molar-refractivity contribution is -0.128. The lowest BCUT2D eigenvalue weighted by atomic mass is 9.65. The number of benzene rings is 1. The maximum absolute atomic E-state index is 12.8. The molecule has 26 heavy (non-hydrogen) atoms. The SMILES string of the molecule is NC1C2CCCC1CC(C(=O)NCc1ccccc1Cn1cncn1)C2. The fourth-order valence-electron chi connectivity index (χ4n) is 4.70. The van der Waals surface area contributed by atoms with E-state index < -0.39 is 0 Å². The number of aromatic nitrogens is 3. The van der Waals surface area contributed by atoms with Crippen LogP contribution in [0.3, 0.4) is 0 Å². The van der Waals surface area contributed by atoms with Crippen molar-refractivity contribution in [2.45, 2.75) is 51.2 Å². The van der Waals surface area contributed by atoms with Crippen LogP contribution < -0.4 is 11.1 Å². The van der Waals surface area contributed by atoms with Crippen LogP contribution in [0.5, 0.6) is 0 Å². The Morgan fingerprint density at radius 1 is 1.19 bits per heavy atom. The van der Waals surface area contributed by atoms with Crippen molar-refractivity contribution in [2.24, 2.45) is 23.5 Å². The number of nitrogens with one attached hydrogen (secondary N) is 1. The Morgan fingerprint density at radius 3 is 2.62 bits per heavy atom. The van der Waals surface area contributed by atoms with Crippen molar-refractivity contribution in [3.63, 3.8) is 0 Å². The van der Waals surface area contributed by atoms with E-state index >= 15 is 0 Å². The highest BCUT2D eigenvalue weighted by molar-refractivity contribution is 5.78. The summed E-state index contributed by atoms with van der Waals surface area (Å²) in [7, 11) is 0. The van der Waals surface area contributed by atoms with Gasteiger partial charge in [-0.1, -0.05) is 30.7 Å². The molecule has 1 aromatic heterocycles. The van der Waals surface area contributed by atoms with Gasteiger partial charge in [0.25, 0.3) is 0 Å². The van der Waals surface area contributed by atoms with Crippen LogP contribution in [0.4, 0.5) is 0 Å². The molecule has 2 unspecified atom stereocenters. The smallest absolute Gasteiger partial charge is 0.223 e. The van der Waals surface area contributed by atoms with Crippen LogP contribution in [0.1, 0.15) is 43.2 Å². The second-order valence-electron chi connectivity index (χ2n) is 7.78. The Balaban J connectivity index is 1.38. The average Bonchev–Trinajstić information content (AvgIpc) is 3.13. The van der Waals surface area contributed by atoms with Gasteiger partial charge in [-0.05, 0) is 48.6 Å². The number of carbonyl (C=O) groups is 1. The molecule has 138 valence electrons. The minimum atomic E-state index is 0.118. The van der Waals surface area contributed by atoms with E-state index in [1.54, 1.807) is 11.0 Å². The second-order valence-corrected chi connectivity index (χ2v) is 7.78. The van der Waals surface area contributed by atoms with Gasteiger partial charge in [0.2, 0.25) is 5.91 Å². The summed E-state index contributed by atoms with van der Waals surface area (Å²) in [6.45, 7) is 1.22. The van der Waals surface area contributed by atoms with Crippen LogP contribution in [-0.2, 0) is 17.9 Å². The molecule has 3 N–H and O–H groups in total. The minimum absolute atomic E-state index is 0.118. The number of nitrogens with two attached hydrogens (primary N) is 1. The third-order valence-corrected chi connectivity index (χ3v) is 6.15. The van der Waals surface area contributed by atoms with Crippen molar-refractivity contribution >= 4 is 5.91 Å². The number of nitrogens with zero attached hydrogens (tertiary/aromatic N) is 3. The number of fused-ring (bicyclic) bond motifs is 2. The Bertz CT molecular complexity index is 730. The molecule has 1 aromatic carbocycles. The summed E-state index contributed by atoms with van der Waals surface area (Å²) in [6.07, 6.45) is 8.78. The van der Waals surface area contributed by atoms with E-state index in [1.807, 2.05) is 12.1 Å². The first kappa shape index (κ1) is 17.2. The molecular formula is C20H27N5O. The van der Waals surface area contributed by atoms with Crippen molar-refractivity contribution in [3.8, 4) is 0 Å². The van der Waals surface area contributed by atoms with E-state index in [1.165, 1.54) is 25.6 Å². The van der Waals surface area contributed by atoms with Gasteiger partial charge in [0, 0.05) is 18.5 Å². The number of hydrogen-bond acceptors (Lipinski definition) is 4. The third kappa shape index (κ3) is 3.65. The van der Waals surface area contributed by atoms with Gasteiger partial charge in [0.05, 0.1) is 6.54 Å². The van der Waals surface area contributed by atoms with Gasteiger partial charge < -0.3 is 11.1 Å². The Kier molecular flexibility index (Phi) is 5.02. The van der Waals surface area contributed by atoms with Gasteiger partial charge in [-0.25, -0.2) is 9.67 Å². The number of amides is 1. The summed E-state index contributed by atoms with van der Waals surface area (Å²) >= 11 is 0. The Hall–Kier alpha value is -2.21. The van der Waals surface area contributed by atoms with Crippen molar-refractivity contribution in [1.29, 1.82) is 0 Å². The fraction of sp³-hybridized carbons (Fsp3) is 0.550. The van der Waals surface area contributed by atoms with Gasteiger partial charge in [0.1, 0.15) is 12.7 Å². The maximum Gasteiger partial charge on any atom is 0.223 e. The topological polar surface area (TPSA) is 85.8 Å². The van der Waals surface area contributed by atoms with Gasteiger partial charge in [-0.2, -0.15) is 5.10 Å². The lowest BCUT2D eigenvalue weighted by Gasteiger charge is -2.43. The zero-order valence-corrected chi connectivity index (χ0v) is 15.1. The molecular weight excluding hydrogens is 326 g/mol. The first-order valence-electron chi connectivity index (χ1n) is 9.63. The molecule has 2 atom stereocenters. The van der Waals surface area contributed by atoms with Crippen molar-refractivity contribution < 1.29 is 4.79 Å². The molecule has 0 saturated heterocycles. The quantitative estimate of drug-likeness (QED) is 0.862. The molecule has 2 aromatic rings. The summed E-state index contributed by atoms with van der Waals surface area (Å²) in [5.41, 5.74) is 8.63. The predicted molar refractivity (Wildman–Crippen MR) is 98.9 cm³/mol. The molecule has 1 heterocycles. The molecule has 4 rings (SSSR count). The molecule has 2 fully saturated rings. The molecule has 0 aliphatic heterocycles. The normalized spacial score (nSPS) is 27.9. The van der Waals surface area contributed by atoms with Crippen molar-refractivity contribution in [1.82, 2.24) is 20.1 Å². The monoisotopic (exact) mass is 353 g/mol. The molecule has 1 amide bonds. The van der Waals surface area contributed by atoms with E-state index in [0.29, 0.717) is 31.0 Å². The Labute approximate surface area is 154 Å². The highest BCUT2D eigenvalue weighted by Gasteiger charge is 2.40. The summed E-state index contributed by atoms with van der Waals surface area (Å²) in [4.78, 5) is 16.7. The van der Waals surface area contributed by atoms with E-state index in [4.69, 9.17) is 5.73 Å². The van der Waals surface area contributed by atoms with Crippen LogP contribution in [0.2, 0.25) is 0 Å². The first-order chi connectivity index (χ1) is 12.7. The number of rotatable bonds is 5. The van der Waals surface area contributed by atoms with Gasteiger partial charge >= 0.3 is 0 Å². The third-order valence-electron chi connectivity index (χ3n) is 6.15. The van der Waals surface area contributed by atoms with Crippen molar-refractivity contribution in [3.05, 3.63) is 48.0 Å². The van der Waals surface area contributed by atoms with E-state index in [9.17, 15) is 4.79 Å². The zero-order valence-electron chi connectivity index (χ0n) is 15.1. The van der Waals surface area contributed by atoms with Crippen LogP contribution >= 0.6 is 0 Å². The average molecular weight is 353 g/mol. The first-order valence-corrected chi connectivity index (χ1v) is 9.63. The van der Waals surface area contributed by atoms with Gasteiger partial charge in [0.15, 0.2) is 0 Å². The molecule has 2 aliphatic carbocycles. The van der Waals surface area contributed by atoms with Crippen LogP contribution in [0.15, 0.2) is 36.9 Å². The fourth-order valence-corrected chi connectivity index (χ4v) is 4.70. The maximum atomic E-state index is 12.8. The lowest BCUT2D eigenvalue weighted by Crippen LogP contribution is -2.49. The number of hydrogen-bond donors (Lipinski definition) is 2. The molecule has 0 spiro atoms. The summed E-state index contributed by atoms with van der Waals surface area (Å²) in [5, 5.41) is 7.33. The summed E-state index contributed by atoms with van der Waals surface area (Å²) in [5.74, 6) is 1.35. The van der Waals surface area contributed by atoms with Crippen LogP contribution in [0, 0.1) is 17.8 Å². The summed E-state index contributed by atoms with van der Waals surface area (Å²) < 4.78 is 1.80. The molecule has 2 bridgehead atoms. The zero-order chi connectivity index (χ0) is 17.9. The van der Waals surface area contributed by atoms with E-state index in [0.717, 1.165) is 24.0 Å². The Morgan fingerprint density at radius 2 is 1.92 bits per heavy atom. The highest BCUT2D eigenvalue weighted by atomic mass is 16.1. The van der Waals surface area contributed by atoms with Crippen molar-refractivity contribution in [2.75, 3.05) is 0 Å². The second kappa shape index (κ2) is 7.58. The van der Waals surface area contributed by atoms with Gasteiger partial charge in [-0.3, -0.25) is 4.79 Å². The highest BCUT2D eigenvalue weighted by Crippen LogP contribution is 2.41. The van der Waals surface area contributed by atoms with E-state index in [2.05, 4.69) is 27.5 Å². The largest absolute Gasteiger partial charge is 0.352 e. The molecule has 0 radical (unpaired) electrons. The molecule has 2 saturated carbocycles. The number of carbonyl (C=O) groups excluding carboxylic acids is 1. The molecule has 6 heteroatoms. The molecule has 2 aliphatic rings. The molecule has 6 nitrogen and oxygen atoms in total. The van der Waals surface area contributed by atoms with E-state index in [-0.39, 0.29) is 11.8 Å². The predicted octanol–water partition coefficient (Wildman–Crippen LogP) is 2.10. The van der Waals surface area contributed by atoms with Crippen LogP contribution in [0.25, 0.3) is 0 Å². The standard InChI is InChI=1S/C20H27N5O/c21-19-14-6-3-7-15(19)9-18(8-14)20(26)23-10-16-4-1-2-5-17(16)11-25-13-22-12-24-25/h1-2,4-5,12-15,18-19H,3,6-11,21H2,(H,23,26). The summed E-state index contributed by atoms with van der Waals surface area (Å²) in [6, 6.07) is 8.47.